The van der Waals surface area contributed by atoms with E-state index in [1.54, 1.807) is 7.11 Å². The molecule has 0 aliphatic carbocycles. The lowest BCUT2D eigenvalue weighted by atomic mass is 9.83. The maximum absolute atomic E-state index is 12.4. The van der Waals surface area contributed by atoms with E-state index in [2.05, 4.69) is 17.0 Å². The lowest BCUT2D eigenvalue weighted by molar-refractivity contribution is -0.106. The molecule has 1 unspecified atom stereocenters. The number of anilines is 1. The monoisotopic (exact) mass is 494 g/mol. The quantitative estimate of drug-likeness (QED) is 0.485. The first kappa shape index (κ1) is 24.8. The van der Waals surface area contributed by atoms with Crippen LogP contribution < -0.4 is 14.4 Å². The number of carbonyl (C=O) groups is 1. The van der Waals surface area contributed by atoms with Gasteiger partial charge >= 0.3 is 6.09 Å². The summed E-state index contributed by atoms with van der Waals surface area (Å²) in [5.74, 6) is 2.89. The van der Waals surface area contributed by atoms with Crippen LogP contribution in [0.3, 0.4) is 0 Å². The molecule has 3 aliphatic heterocycles. The SMILES string of the molecule is COc1cc(N2CC(CC3CCN(C(=O)OCc4ccccc4)CC3)C2)ccc1OC1CCCCO1. The summed E-state index contributed by atoms with van der Waals surface area (Å²) >= 11 is 0. The topological polar surface area (TPSA) is 60.5 Å². The third-order valence-corrected chi connectivity index (χ3v) is 7.61. The summed E-state index contributed by atoms with van der Waals surface area (Å²) in [6, 6.07) is 16.1. The molecule has 0 aromatic heterocycles. The van der Waals surface area contributed by atoms with E-state index in [1.165, 1.54) is 12.1 Å². The number of likely N-dealkylation sites (tertiary alicyclic amines) is 1. The molecule has 0 bridgehead atoms. The molecule has 7 heteroatoms. The molecule has 36 heavy (non-hydrogen) atoms. The van der Waals surface area contributed by atoms with Crippen molar-refractivity contribution in [2.45, 2.75) is 51.4 Å². The second kappa shape index (κ2) is 11.9. The van der Waals surface area contributed by atoms with Gasteiger partial charge in [0, 0.05) is 44.4 Å². The minimum Gasteiger partial charge on any atom is -0.493 e. The Labute approximate surface area is 214 Å². The van der Waals surface area contributed by atoms with Gasteiger partial charge in [-0.05, 0) is 61.6 Å². The van der Waals surface area contributed by atoms with E-state index in [0.29, 0.717) is 18.4 Å². The van der Waals surface area contributed by atoms with E-state index in [4.69, 9.17) is 18.9 Å². The molecule has 1 atom stereocenters. The van der Waals surface area contributed by atoms with Crippen molar-refractivity contribution in [3.63, 3.8) is 0 Å². The van der Waals surface area contributed by atoms with Gasteiger partial charge in [0.05, 0.1) is 13.7 Å². The molecule has 3 aliphatic rings. The van der Waals surface area contributed by atoms with Crippen molar-refractivity contribution in [1.82, 2.24) is 4.90 Å². The highest BCUT2D eigenvalue weighted by atomic mass is 16.7. The Morgan fingerprint density at radius 1 is 0.972 bits per heavy atom. The van der Waals surface area contributed by atoms with Crippen molar-refractivity contribution in [3.8, 4) is 11.5 Å². The summed E-state index contributed by atoms with van der Waals surface area (Å²) in [7, 11) is 1.69. The molecule has 1 amide bonds. The van der Waals surface area contributed by atoms with Crippen molar-refractivity contribution in [2.75, 3.05) is 44.8 Å². The number of rotatable bonds is 8. The molecule has 0 N–H and O–H groups in total. The van der Waals surface area contributed by atoms with Gasteiger partial charge in [0.2, 0.25) is 0 Å². The maximum Gasteiger partial charge on any atom is 0.410 e. The van der Waals surface area contributed by atoms with Crippen LogP contribution in [0.2, 0.25) is 0 Å². The van der Waals surface area contributed by atoms with Gasteiger partial charge in [0.15, 0.2) is 17.8 Å². The Hall–Kier alpha value is -2.93. The van der Waals surface area contributed by atoms with Crippen LogP contribution >= 0.6 is 0 Å². The molecule has 2 aromatic rings. The molecule has 7 nitrogen and oxygen atoms in total. The molecule has 2 aromatic carbocycles. The summed E-state index contributed by atoms with van der Waals surface area (Å²) in [6.45, 7) is 4.81. The van der Waals surface area contributed by atoms with Gasteiger partial charge in [0.1, 0.15) is 6.61 Å². The van der Waals surface area contributed by atoms with Crippen molar-refractivity contribution in [3.05, 3.63) is 54.1 Å². The van der Waals surface area contributed by atoms with Crippen LogP contribution in [-0.4, -0.2) is 57.2 Å². The number of carbonyl (C=O) groups excluding carboxylic acids is 1. The van der Waals surface area contributed by atoms with Crippen LogP contribution in [-0.2, 0) is 16.1 Å². The zero-order valence-corrected chi connectivity index (χ0v) is 21.3. The second-order valence-electron chi connectivity index (χ2n) is 10.2. The van der Waals surface area contributed by atoms with Gasteiger partial charge in [-0.15, -0.1) is 0 Å². The molecule has 3 heterocycles. The van der Waals surface area contributed by atoms with Crippen molar-refractivity contribution in [1.29, 1.82) is 0 Å². The lowest BCUT2D eigenvalue weighted by Crippen LogP contribution is -2.48. The summed E-state index contributed by atoms with van der Waals surface area (Å²) < 4.78 is 22.9. The standard InChI is InChI=1S/C29H38N2O5/c1-33-27-18-25(10-11-26(27)36-28-9-5-6-16-34-28)31-19-24(20-31)17-22-12-14-30(15-13-22)29(32)35-21-23-7-3-2-4-8-23/h2-4,7-8,10-11,18,22,24,28H,5-6,9,12-17,19-21H2,1H3. The second-order valence-corrected chi connectivity index (χ2v) is 10.2. The highest BCUT2D eigenvalue weighted by molar-refractivity contribution is 5.67. The Morgan fingerprint density at radius 2 is 1.78 bits per heavy atom. The van der Waals surface area contributed by atoms with Gasteiger partial charge in [-0.1, -0.05) is 30.3 Å². The van der Waals surface area contributed by atoms with Crippen LogP contribution in [0.4, 0.5) is 10.5 Å². The van der Waals surface area contributed by atoms with Crippen LogP contribution in [0.1, 0.15) is 44.1 Å². The van der Waals surface area contributed by atoms with E-state index in [-0.39, 0.29) is 12.4 Å². The zero-order chi connectivity index (χ0) is 24.7. The van der Waals surface area contributed by atoms with E-state index in [0.717, 1.165) is 82.0 Å². The van der Waals surface area contributed by atoms with Gasteiger partial charge in [0.25, 0.3) is 0 Å². The Bertz CT molecular complexity index is 980. The smallest absolute Gasteiger partial charge is 0.410 e. The van der Waals surface area contributed by atoms with E-state index in [9.17, 15) is 4.79 Å². The summed E-state index contributed by atoms with van der Waals surface area (Å²) in [4.78, 5) is 16.7. The number of nitrogens with zero attached hydrogens (tertiary/aromatic N) is 2. The van der Waals surface area contributed by atoms with E-state index < -0.39 is 0 Å². The van der Waals surface area contributed by atoms with Crippen molar-refractivity contribution >= 4 is 11.8 Å². The molecule has 0 spiro atoms. The van der Waals surface area contributed by atoms with Gasteiger partial charge in [-0.2, -0.15) is 0 Å². The average molecular weight is 495 g/mol. The zero-order valence-electron chi connectivity index (χ0n) is 21.3. The van der Waals surface area contributed by atoms with Crippen LogP contribution in [0.25, 0.3) is 0 Å². The van der Waals surface area contributed by atoms with Gasteiger partial charge in [-0.25, -0.2) is 4.79 Å². The Morgan fingerprint density at radius 3 is 2.50 bits per heavy atom. The third kappa shape index (κ3) is 6.25. The third-order valence-electron chi connectivity index (χ3n) is 7.61. The average Bonchev–Trinajstić information content (AvgIpc) is 2.91. The lowest BCUT2D eigenvalue weighted by Gasteiger charge is -2.43. The number of hydrogen-bond donors (Lipinski definition) is 0. The number of amides is 1. The number of hydrogen-bond acceptors (Lipinski definition) is 6. The maximum atomic E-state index is 12.4. The molecule has 3 fully saturated rings. The van der Waals surface area contributed by atoms with Crippen LogP contribution in [0, 0.1) is 11.8 Å². The summed E-state index contributed by atoms with van der Waals surface area (Å²) in [5.41, 5.74) is 2.20. The number of benzene rings is 2. The fraction of sp³-hybridized carbons (Fsp3) is 0.552. The number of ether oxygens (including phenoxy) is 4. The predicted octanol–water partition coefficient (Wildman–Crippen LogP) is 5.48. The minimum absolute atomic E-state index is 0.177. The van der Waals surface area contributed by atoms with Crippen molar-refractivity contribution < 1.29 is 23.7 Å². The molecule has 5 rings (SSSR count). The highest BCUT2D eigenvalue weighted by Crippen LogP contribution is 2.37. The molecular formula is C29H38N2O5. The Balaban J connectivity index is 1.03. The van der Waals surface area contributed by atoms with Gasteiger partial charge < -0.3 is 28.7 Å². The highest BCUT2D eigenvalue weighted by Gasteiger charge is 2.32. The van der Waals surface area contributed by atoms with Gasteiger partial charge in [-0.3, -0.25) is 0 Å². The summed E-state index contributed by atoms with van der Waals surface area (Å²) in [6.07, 6.45) is 6.13. The first-order valence-electron chi connectivity index (χ1n) is 13.3. The number of piperidine rings is 1. The first-order chi connectivity index (χ1) is 17.7. The molecule has 0 radical (unpaired) electrons. The number of methoxy groups -OCH3 is 1. The molecule has 194 valence electrons. The summed E-state index contributed by atoms with van der Waals surface area (Å²) in [5, 5.41) is 0. The first-order valence-corrected chi connectivity index (χ1v) is 13.3. The fourth-order valence-corrected chi connectivity index (χ4v) is 5.46. The van der Waals surface area contributed by atoms with E-state index >= 15 is 0 Å². The van der Waals surface area contributed by atoms with Crippen LogP contribution in [0.5, 0.6) is 11.5 Å². The molecule has 0 saturated carbocycles. The predicted molar refractivity (Wildman–Crippen MR) is 138 cm³/mol. The fourth-order valence-electron chi connectivity index (χ4n) is 5.46. The van der Waals surface area contributed by atoms with E-state index in [1.807, 2.05) is 41.3 Å². The molecule has 3 saturated heterocycles. The minimum atomic E-state index is -0.191. The molecular weight excluding hydrogens is 456 g/mol. The van der Waals surface area contributed by atoms with Crippen molar-refractivity contribution in [2.24, 2.45) is 11.8 Å². The Kier molecular flexibility index (Phi) is 8.16. The largest absolute Gasteiger partial charge is 0.493 e. The van der Waals surface area contributed by atoms with Crippen LogP contribution in [0.15, 0.2) is 48.5 Å². The normalized spacial score (nSPS) is 21.1.